The lowest BCUT2D eigenvalue weighted by Gasteiger charge is -2.72. The van der Waals surface area contributed by atoms with Crippen LogP contribution in [0.1, 0.15) is 119 Å². The molecule has 11 atom stereocenters. The number of carboxylic acids is 1. The Labute approximate surface area is 233 Å². The van der Waals surface area contributed by atoms with Crippen molar-refractivity contribution in [2.24, 2.45) is 61.8 Å². The second kappa shape index (κ2) is 9.71. The van der Waals surface area contributed by atoms with Crippen molar-refractivity contribution in [1.82, 2.24) is 0 Å². The van der Waals surface area contributed by atoms with Gasteiger partial charge in [-0.15, -0.1) is 0 Å². The maximum Gasteiger partial charge on any atom is 0.309 e. The first kappa shape index (κ1) is 28.8. The van der Waals surface area contributed by atoms with Crippen molar-refractivity contribution in [3.8, 4) is 0 Å². The predicted molar refractivity (Wildman–Crippen MR) is 156 cm³/mol. The van der Waals surface area contributed by atoms with Crippen LogP contribution in [0.5, 0.6) is 0 Å². The molecule has 5 unspecified atom stereocenters. The second-order valence-electron chi connectivity index (χ2n) is 15.4. The summed E-state index contributed by atoms with van der Waals surface area (Å²) in [7, 11) is 2.55. The first-order chi connectivity index (χ1) is 17.8. The lowest BCUT2D eigenvalue weighted by Crippen LogP contribution is -2.67. The summed E-state index contributed by atoms with van der Waals surface area (Å²) in [5.74, 6) is 1.59. The third-order valence-corrected chi connectivity index (χ3v) is 14.3. The van der Waals surface area contributed by atoms with Crippen LogP contribution >= 0.6 is 9.47 Å². The van der Waals surface area contributed by atoms with Crippen molar-refractivity contribution in [3.63, 3.8) is 0 Å². The zero-order valence-corrected chi connectivity index (χ0v) is 26.3. The number of hydrogen-bond donors (Lipinski definition) is 1. The smallest absolute Gasteiger partial charge is 0.309 e. The largest absolute Gasteiger partial charge is 0.481 e. The molecule has 6 heteroatoms. The van der Waals surface area contributed by atoms with E-state index < -0.39 is 11.4 Å². The molecule has 0 bridgehead atoms. The van der Waals surface area contributed by atoms with Crippen molar-refractivity contribution >= 4 is 21.1 Å². The molecule has 0 aliphatic heterocycles. The van der Waals surface area contributed by atoms with Crippen molar-refractivity contribution in [3.05, 3.63) is 0 Å². The Morgan fingerprint density at radius 1 is 0.921 bits per heavy atom. The highest BCUT2D eigenvalue weighted by molar-refractivity contribution is 7.09. The van der Waals surface area contributed by atoms with Gasteiger partial charge in [0, 0.05) is 15.4 Å². The number of rotatable bonds is 6. The summed E-state index contributed by atoms with van der Waals surface area (Å²) >= 11 is 0. The van der Waals surface area contributed by atoms with Crippen LogP contribution in [0, 0.1) is 56.7 Å². The van der Waals surface area contributed by atoms with E-state index >= 15 is 0 Å². The highest BCUT2D eigenvalue weighted by Crippen LogP contribution is 2.77. The monoisotopic (exact) mass is 547 g/mol. The summed E-state index contributed by atoms with van der Waals surface area (Å²) in [6.07, 6.45) is 12.1. The van der Waals surface area contributed by atoms with E-state index in [2.05, 4.69) is 63.1 Å². The first-order valence-electron chi connectivity index (χ1n) is 15.6. The SMILES string of the molecule is CCCON=C(C)[C@@H]1CC[C@]2(C(=O)O)CC[C@]3(C)C(CCC4[C@@]5(C)CC[C@H](OP)C(C)(C)C5CC[C@]43C)C12. The van der Waals surface area contributed by atoms with Crippen molar-refractivity contribution in [2.75, 3.05) is 6.61 Å². The van der Waals surface area contributed by atoms with E-state index in [0.717, 1.165) is 50.7 Å². The molecule has 0 aromatic carbocycles. The number of oxime groups is 1. The van der Waals surface area contributed by atoms with E-state index in [9.17, 15) is 9.90 Å². The van der Waals surface area contributed by atoms with Crippen LogP contribution in [0.4, 0.5) is 0 Å². The molecule has 5 nitrogen and oxygen atoms in total. The summed E-state index contributed by atoms with van der Waals surface area (Å²) < 4.78 is 5.96. The quantitative estimate of drug-likeness (QED) is 0.158. The molecular formula is C32H54NO4P. The van der Waals surface area contributed by atoms with E-state index in [0.29, 0.717) is 35.9 Å². The standard InChI is InChI=1S/C32H54NO4P/c1-8-19-36-33-20(2)21-11-16-32(27(34)35)18-17-30(6)22(26(21)32)9-10-24-29(5)14-13-25(37-38)28(3,4)23(29)12-15-31(24,30)7/h21-26H,8-19,38H2,1-7H3,(H,34,35)/t21-,22?,23?,24?,25-,26?,29-,30+,31+,32-/m0/s1. The van der Waals surface area contributed by atoms with E-state index in [1.807, 2.05) is 0 Å². The fraction of sp³-hybridized carbons (Fsp3) is 0.938. The topological polar surface area (TPSA) is 68.1 Å². The van der Waals surface area contributed by atoms with Gasteiger partial charge < -0.3 is 14.5 Å². The summed E-state index contributed by atoms with van der Waals surface area (Å²) in [5, 5.41) is 15.2. The molecular weight excluding hydrogens is 493 g/mol. The second-order valence-corrected chi connectivity index (χ2v) is 15.6. The minimum atomic E-state index is -0.600. The maximum atomic E-state index is 13.0. The fourth-order valence-corrected chi connectivity index (χ4v) is 12.4. The van der Waals surface area contributed by atoms with Gasteiger partial charge in [0.15, 0.2) is 0 Å². The van der Waals surface area contributed by atoms with Gasteiger partial charge in [-0.05, 0) is 123 Å². The molecule has 0 saturated heterocycles. The zero-order chi connectivity index (χ0) is 27.7. The molecule has 0 amide bonds. The van der Waals surface area contributed by atoms with Gasteiger partial charge in [-0.3, -0.25) is 4.79 Å². The van der Waals surface area contributed by atoms with Crippen LogP contribution in [0.15, 0.2) is 5.16 Å². The molecule has 5 aliphatic rings. The van der Waals surface area contributed by atoms with Gasteiger partial charge in [-0.2, -0.15) is 0 Å². The number of hydrogen-bond acceptors (Lipinski definition) is 4. The molecule has 0 radical (unpaired) electrons. The number of nitrogens with zero attached hydrogens (tertiary/aromatic N) is 1. The summed E-state index contributed by atoms with van der Waals surface area (Å²) in [5.41, 5.74) is 1.28. The van der Waals surface area contributed by atoms with Gasteiger partial charge in [0.2, 0.25) is 0 Å². The zero-order valence-electron chi connectivity index (χ0n) is 25.1. The molecule has 1 N–H and O–H groups in total. The molecule has 38 heavy (non-hydrogen) atoms. The summed E-state index contributed by atoms with van der Waals surface area (Å²) in [6, 6.07) is 0. The molecule has 0 aromatic rings. The summed E-state index contributed by atoms with van der Waals surface area (Å²) in [4.78, 5) is 18.6. The van der Waals surface area contributed by atoms with Crippen LogP contribution in [0.2, 0.25) is 0 Å². The Balaban J connectivity index is 1.52. The molecule has 0 aromatic heterocycles. The molecule has 216 valence electrons. The fourth-order valence-electron chi connectivity index (χ4n) is 12.0. The maximum absolute atomic E-state index is 13.0. The van der Waals surface area contributed by atoms with Gasteiger partial charge in [-0.1, -0.05) is 46.7 Å². The van der Waals surface area contributed by atoms with Gasteiger partial charge in [0.25, 0.3) is 0 Å². The highest BCUT2D eigenvalue weighted by atomic mass is 31.0. The molecule has 0 spiro atoms. The number of carbonyl (C=O) groups is 1. The molecule has 5 saturated carbocycles. The average molecular weight is 548 g/mol. The first-order valence-corrected chi connectivity index (χ1v) is 16.1. The van der Waals surface area contributed by atoms with Gasteiger partial charge in [0.05, 0.1) is 17.2 Å². The number of carboxylic acid groups (broad SMARTS) is 1. The normalized spacial score (nSPS) is 49.8. The summed E-state index contributed by atoms with van der Waals surface area (Å²) in [6.45, 7) is 17.5. The highest BCUT2D eigenvalue weighted by Gasteiger charge is 2.72. The Morgan fingerprint density at radius 2 is 1.66 bits per heavy atom. The van der Waals surface area contributed by atoms with Gasteiger partial charge >= 0.3 is 5.97 Å². The van der Waals surface area contributed by atoms with E-state index in [4.69, 9.17) is 9.36 Å². The van der Waals surface area contributed by atoms with Crippen LogP contribution in [0.25, 0.3) is 0 Å². The molecule has 5 rings (SSSR count). The number of aliphatic carboxylic acids is 1. The van der Waals surface area contributed by atoms with Crippen LogP contribution in [0.3, 0.4) is 0 Å². The average Bonchev–Trinajstić information content (AvgIpc) is 3.25. The van der Waals surface area contributed by atoms with Crippen molar-refractivity contribution < 1.29 is 19.3 Å². The Bertz CT molecular complexity index is 967. The Hall–Kier alpha value is -0.670. The van der Waals surface area contributed by atoms with Crippen LogP contribution in [-0.2, 0) is 14.2 Å². The Morgan fingerprint density at radius 3 is 2.32 bits per heavy atom. The minimum Gasteiger partial charge on any atom is -0.481 e. The van der Waals surface area contributed by atoms with Crippen LogP contribution < -0.4 is 0 Å². The van der Waals surface area contributed by atoms with E-state index in [-0.39, 0.29) is 28.1 Å². The third-order valence-electron chi connectivity index (χ3n) is 14.0. The lowest BCUT2D eigenvalue weighted by molar-refractivity contribution is -0.245. The lowest BCUT2D eigenvalue weighted by atomic mass is 9.32. The predicted octanol–water partition coefficient (Wildman–Crippen LogP) is 8.13. The Kier molecular flexibility index (Phi) is 7.37. The third kappa shape index (κ3) is 3.75. The van der Waals surface area contributed by atoms with Crippen molar-refractivity contribution in [2.45, 2.75) is 125 Å². The number of fused-ring (bicyclic) bond motifs is 7. The molecule has 0 heterocycles. The van der Waals surface area contributed by atoms with Crippen molar-refractivity contribution in [1.29, 1.82) is 0 Å². The van der Waals surface area contributed by atoms with Gasteiger partial charge in [-0.25, -0.2) is 0 Å². The molecule has 5 aliphatic carbocycles. The van der Waals surface area contributed by atoms with E-state index in [1.165, 1.54) is 25.7 Å². The molecule has 5 fully saturated rings. The minimum absolute atomic E-state index is 0.152. The van der Waals surface area contributed by atoms with Crippen LogP contribution in [-0.4, -0.2) is 29.5 Å². The van der Waals surface area contributed by atoms with Gasteiger partial charge in [0.1, 0.15) is 6.61 Å². The van der Waals surface area contributed by atoms with E-state index in [1.54, 1.807) is 0 Å².